The molecule has 0 aliphatic rings. The third-order valence-corrected chi connectivity index (χ3v) is 5.04. The normalized spacial score (nSPS) is 12.6. The van der Waals surface area contributed by atoms with Gasteiger partial charge in [-0.05, 0) is 59.8 Å². The van der Waals surface area contributed by atoms with Crippen LogP contribution in [0.3, 0.4) is 0 Å². The Kier molecular flexibility index (Phi) is 4.98. The lowest BCUT2D eigenvalue weighted by Crippen LogP contribution is -2.20. The molecule has 18 heavy (non-hydrogen) atoms. The van der Waals surface area contributed by atoms with Gasteiger partial charge in [-0.15, -0.1) is 11.3 Å². The van der Waals surface area contributed by atoms with E-state index in [2.05, 4.69) is 70.8 Å². The zero-order valence-corrected chi connectivity index (χ0v) is 13.1. The van der Waals surface area contributed by atoms with Gasteiger partial charge in [0.25, 0.3) is 0 Å². The molecule has 0 aliphatic heterocycles. The van der Waals surface area contributed by atoms with Crippen LogP contribution in [-0.4, -0.2) is 6.54 Å². The minimum atomic E-state index is 0.407. The number of hydrogen-bond acceptors (Lipinski definition) is 2. The maximum absolute atomic E-state index is 3.58. The molecule has 1 heterocycles. The molecule has 0 amide bonds. The molecule has 0 saturated heterocycles. The number of aryl methyl sites for hydroxylation is 1. The molecule has 3 heteroatoms. The topological polar surface area (TPSA) is 12.0 Å². The van der Waals surface area contributed by atoms with Crippen molar-refractivity contribution >= 4 is 27.3 Å². The molecule has 1 atom stereocenters. The summed E-state index contributed by atoms with van der Waals surface area (Å²) in [5.41, 5.74) is 2.74. The Hall–Kier alpha value is -0.640. The van der Waals surface area contributed by atoms with Gasteiger partial charge in [0.15, 0.2) is 0 Å². The van der Waals surface area contributed by atoms with E-state index >= 15 is 0 Å². The van der Waals surface area contributed by atoms with Gasteiger partial charge < -0.3 is 5.32 Å². The molecule has 0 aliphatic carbocycles. The molecular formula is C15H18BrNS. The average molecular weight is 324 g/mol. The first kappa shape index (κ1) is 13.8. The van der Waals surface area contributed by atoms with Crippen molar-refractivity contribution in [3.05, 3.63) is 56.2 Å². The number of nitrogens with one attached hydrogen (secondary N) is 1. The fourth-order valence-electron chi connectivity index (χ4n) is 2.01. The molecule has 2 aromatic rings. The van der Waals surface area contributed by atoms with Gasteiger partial charge in [-0.25, -0.2) is 0 Å². The summed E-state index contributed by atoms with van der Waals surface area (Å²) in [6, 6.07) is 11.2. The van der Waals surface area contributed by atoms with Crippen LogP contribution in [0.4, 0.5) is 0 Å². The molecule has 1 aromatic heterocycles. The first-order chi connectivity index (χ1) is 8.66. The molecule has 96 valence electrons. The minimum absolute atomic E-state index is 0.407. The second-order valence-electron chi connectivity index (χ2n) is 4.55. The third kappa shape index (κ3) is 3.67. The Morgan fingerprint density at radius 3 is 2.83 bits per heavy atom. The van der Waals surface area contributed by atoms with Crippen molar-refractivity contribution in [2.75, 3.05) is 6.54 Å². The maximum Gasteiger partial charge on any atom is 0.0397 e. The fourth-order valence-corrected chi connectivity index (χ4v) is 3.76. The standard InChI is InChI=1S/C15H18BrNS/c1-11-4-3-5-13(10-11)6-8-17-12(2)15-14(16)7-9-18-15/h3-5,7,9-10,12,17H,6,8H2,1-2H3. The largest absolute Gasteiger partial charge is 0.309 e. The zero-order chi connectivity index (χ0) is 13.0. The van der Waals surface area contributed by atoms with Gasteiger partial charge in [-0.3, -0.25) is 0 Å². The SMILES string of the molecule is Cc1cccc(CCNC(C)c2sccc2Br)c1. The number of thiophene rings is 1. The molecule has 0 bridgehead atoms. The van der Waals surface area contributed by atoms with Gasteiger partial charge in [0.05, 0.1) is 0 Å². The van der Waals surface area contributed by atoms with E-state index < -0.39 is 0 Å². The summed E-state index contributed by atoms with van der Waals surface area (Å²) in [5.74, 6) is 0. The lowest BCUT2D eigenvalue weighted by atomic mass is 10.1. The molecule has 0 radical (unpaired) electrons. The molecule has 1 aromatic carbocycles. The van der Waals surface area contributed by atoms with Crippen molar-refractivity contribution in [1.29, 1.82) is 0 Å². The first-order valence-electron chi connectivity index (χ1n) is 6.18. The maximum atomic E-state index is 3.58. The fraction of sp³-hybridized carbons (Fsp3) is 0.333. The summed E-state index contributed by atoms with van der Waals surface area (Å²) >= 11 is 5.38. The third-order valence-electron chi connectivity index (χ3n) is 2.98. The summed E-state index contributed by atoms with van der Waals surface area (Å²) in [6.45, 7) is 5.37. The molecule has 1 N–H and O–H groups in total. The van der Waals surface area contributed by atoms with Gasteiger partial charge in [0.2, 0.25) is 0 Å². The molecule has 1 unspecified atom stereocenters. The molecule has 1 nitrogen and oxygen atoms in total. The van der Waals surface area contributed by atoms with Crippen LogP contribution in [0.2, 0.25) is 0 Å². The Balaban J connectivity index is 1.84. The predicted molar refractivity (Wildman–Crippen MR) is 83.3 cm³/mol. The molecule has 2 rings (SSSR count). The monoisotopic (exact) mass is 323 g/mol. The van der Waals surface area contributed by atoms with E-state index in [-0.39, 0.29) is 0 Å². The van der Waals surface area contributed by atoms with Crippen LogP contribution in [0.5, 0.6) is 0 Å². The van der Waals surface area contributed by atoms with Gasteiger partial charge in [-0.1, -0.05) is 29.8 Å². The van der Waals surface area contributed by atoms with Crippen molar-refractivity contribution in [2.45, 2.75) is 26.3 Å². The van der Waals surface area contributed by atoms with Crippen LogP contribution in [0, 0.1) is 6.92 Å². The highest BCUT2D eigenvalue weighted by molar-refractivity contribution is 9.10. The number of halogens is 1. The van der Waals surface area contributed by atoms with E-state index in [4.69, 9.17) is 0 Å². The quantitative estimate of drug-likeness (QED) is 0.840. The second kappa shape index (κ2) is 6.50. The van der Waals surface area contributed by atoms with Gasteiger partial charge in [0.1, 0.15) is 0 Å². The Labute approximate surface area is 121 Å². The van der Waals surface area contributed by atoms with E-state index in [9.17, 15) is 0 Å². The van der Waals surface area contributed by atoms with Crippen LogP contribution in [0.25, 0.3) is 0 Å². The minimum Gasteiger partial charge on any atom is -0.309 e. The molecule has 0 saturated carbocycles. The van der Waals surface area contributed by atoms with Crippen LogP contribution >= 0.6 is 27.3 Å². The van der Waals surface area contributed by atoms with E-state index in [1.807, 2.05) is 0 Å². The van der Waals surface area contributed by atoms with Crippen LogP contribution < -0.4 is 5.32 Å². The smallest absolute Gasteiger partial charge is 0.0397 e. The highest BCUT2D eigenvalue weighted by atomic mass is 79.9. The summed E-state index contributed by atoms with van der Waals surface area (Å²) in [5, 5.41) is 5.70. The van der Waals surface area contributed by atoms with Gasteiger partial charge in [0, 0.05) is 15.4 Å². The molecular weight excluding hydrogens is 306 g/mol. The number of benzene rings is 1. The summed E-state index contributed by atoms with van der Waals surface area (Å²) in [4.78, 5) is 1.37. The predicted octanol–water partition coefficient (Wildman–Crippen LogP) is 4.71. The number of hydrogen-bond donors (Lipinski definition) is 1. The van der Waals surface area contributed by atoms with E-state index in [0.717, 1.165) is 13.0 Å². The van der Waals surface area contributed by atoms with Crippen molar-refractivity contribution in [1.82, 2.24) is 5.32 Å². The second-order valence-corrected chi connectivity index (χ2v) is 6.35. The van der Waals surface area contributed by atoms with Crippen molar-refractivity contribution < 1.29 is 0 Å². The highest BCUT2D eigenvalue weighted by Gasteiger charge is 2.09. The highest BCUT2D eigenvalue weighted by Crippen LogP contribution is 2.28. The van der Waals surface area contributed by atoms with Crippen molar-refractivity contribution in [3.63, 3.8) is 0 Å². The number of rotatable bonds is 5. The van der Waals surface area contributed by atoms with Gasteiger partial charge >= 0.3 is 0 Å². The Bertz CT molecular complexity index is 507. The molecule has 0 spiro atoms. The summed E-state index contributed by atoms with van der Waals surface area (Å²) in [7, 11) is 0. The average Bonchev–Trinajstić information content (AvgIpc) is 2.75. The summed E-state index contributed by atoms with van der Waals surface area (Å²) < 4.78 is 1.21. The Morgan fingerprint density at radius 2 is 2.17 bits per heavy atom. The van der Waals surface area contributed by atoms with Crippen LogP contribution in [0.15, 0.2) is 40.2 Å². The van der Waals surface area contributed by atoms with Gasteiger partial charge in [-0.2, -0.15) is 0 Å². The van der Waals surface area contributed by atoms with Crippen molar-refractivity contribution in [3.8, 4) is 0 Å². The Morgan fingerprint density at radius 1 is 1.33 bits per heavy atom. The van der Waals surface area contributed by atoms with E-state index in [1.54, 1.807) is 11.3 Å². The lowest BCUT2D eigenvalue weighted by molar-refractivity contribution is 0.583. The molecule has 0 fully saturated rings. The van der Waals surface area contributed by atoms with Crippen LogP contribution in [0.1, 0.15) is 29.0 Å². The van der Waals surface area contributed by atoms with Crippen molar-refractivity contribution in [2.24, 2.45) is 0 Å². The summed E-state index contributed by atoms with van der Waals surface area (Å²) in [6.07, 6.45) is 1.08. The lowest BCUT2D eigenvalue weighted by Gasteiger charge is -2.13. The van der Waals surface area contributed by atoms with E-state index in [0.29, 0.717) is 6.04 Å². The zero-order valence-electron chi connectivity index (χ0n) is 10.7. The first-order valence-corrected chi connectivity index (χ1v) is 7.86. The van der Waals surface area contributed by atoms with E-state index in [1.165, 1.54) is 20.5 Å². The van der Waals surface area contributed by atoms with Crippen LogP contribution in [-0.2, 0) is 6.42 Å².